The SMILES string of the molecule is CCCC[C@H](NC(=O)[C@@H]1[C@@H]2[C@H](CN1C(=O)[C@@H](NC(=O)NC1(CS(=O)(=O)N(C)OC)CCCCC1)C1(C)CCCCC1)C2(C)C)C(=O)C(=O)NC1CC1. The van der Waals surface area contributed by atoms with Gasteiger partial charge in [-0.05, 0) is 67.6 Å². The predicted octanol–water partition coefficient (Wildman–Crippen LogP) is 3.16. The maximum atomic E-state index is 14.9. The summed E-state index contributed by atoms with van der Waals surface area (Å²) < 4.78 is 27.1. The van der Waals surface area contributed by atoms with Gasteiger partial charge in [0.1, 0.15) is 12.1 Å². The van der Waals surface area contributed by atoms with Gasteiger partial charge in [-0.3, -0.25) is 24.0 Å². The molecule has 5 fully saturated rings. The topological polar surface area (TPSA) is 183 Å². The lowest BCUT2D eigenvalue weighted by atomic mass is 9.70. The van der Waals surface area contributed by atoms with E-state index < -0.39 is 62.7 Å². The molecule has 52 heavy (non-hydrogen) atoms. The van der Waals surface area contributed by atoms with E-state index in [0.29, 0.717) is 45.1 Å². The fourth-order valence-corrected chi connectivity index (χ4v) is 10.7. The lowest BCUT2D eigenvalue weighted by Crippen LogP contribution is -2.65. The van der Waals surface area contributed by atoms with Gasteiger partial charge in [0.15, 0.2) is 0 Å². The number of likely N-dealkylation sites (tertiary alicyclic amines) is 1. The van der Waals surface area contributed by atoms with Crippen molar-refractivity contribution in [1.29, 1.82) is 0 Å². The van der Waals surface area contributed by atoms with Crippen LogP contribution in [0, 0.1) is 22.7 Å². The average molecular weight is 751 g/mol. The third-order valence-electron chi connectivity index (χ3n) is 12.9. The smallest absolute Gasteiger partial charge is 0.315 e. The second-order valence-corrected chi connectivity index (χ2v) is 19.1. The molecule has 5 rings (SSSR count). The number of hydroxylamine groups is 1. The minimum atomic E-state index is -3.86. The molecule has 4 N–H and O–H groups in total. The van der Waals surface area contributed by atoms with Crippen LogP contribution in [0.15, 0.2) is 0 Å². The average Bonchev–Trinajstić information content (AvgIpc) is 3.95. The number of unbranched alkanes of at least 4 members (excludes halogenated alkanes) is 1. The lowest BCUT2D eigenvalue weighted by molar-refractivity contribution is -0.146. The maximum Gasteiger partial charge on any atom is 0.315 e. The Morgan fingerprint density at radius 2 is 1.54 bits per heavy atom. The number of urea groups is 1. The summed E-state index contributed by atoms with van der Waals surface area (Å²) in [5, 5.41) is 11.7. The fraction of sp³-hybridized carbons (Fsp3) is 0.865. The van der Waals surface area contributed by atoms with E-state index in [1.807, 2.05) is 13.8 Å². The molecule has 15 heteroatoms. The standard InChI is InChI=1S/C37H62N6O8S/c1-7-8-15-26(29(44)32(46)38-24-16-17-24)39-31(45)28-27-25(35(27,2)3)22-43(28)33(47)30(36(4)18-11-9-12-19-36)40-34(48)41-37(20-13-10-14-21-37)23-52(49,50)42(5)51-6/h24-28,30H,7-23H2,1-6H3,(H,38,46)(H,39,45)(H2,40,41,48)/t25-,26-,27-,28-,30+/m0/s1. The van der Waals surface area contributed by atoms with E-state index in [-0.39, 0.29) is 35.0 Å². The highest BCUT2D eigenvalue weighted by atomic mass is 32.2. The van der Waals surface area contributed by atoms with Crippen molar-refractivity contribution < 1.29 is 37.2 Å². The molecule has 5 aliphatic rings. The summed E-state index contributed by atoms with van der Waals surface area (Å²) in [6.07, 6.45) is 11.0. The molecule has 0 aromatic carbocycles. The van der Waals surface area contributed by atoms with Gasteiger partial charge in [0.2, 0.25) is 27.6 Å². The van der Waals surface area contributed by atoms with Crippen LogP contribution in [0.3, 0.4) is 0 Å². The summed E-state index contributed by atoms with van der Waals surface area (Å²) in [6.45, 7) is 8.49. The monoisotopic (exact) mass is 750 g/mol. The van der Waals surface area contributed by atoms with E-state index in [2.05, 4.69) is 35.1 Å². The molecule has 0 unspecified atom stereocenters. The summed E-state index contributed by atoms with van der Waals surface area (Å²) in [4.78, 5) is 75.9. The highest BCUT2D eigenvalue weighted by Gasteiger charge is 2.70. The maximum absolute atomic E-state index is 14.9. The highest BCUT2D eigenvalue weighted by Crippen LogP contribution is 2.65. The van der Waals surface area contributed by atoms with E-state index >= 15 is 0 Å². The van der Waals surface area contributed by atoms with Gasteiger partial charge < -0.3 is 26.2 Å². The summed E-state index contributed by atoms with van der Waals surface area (Å²) in [5.74, 6) is -2.57. The van der Waals surface area contributed by atoms with Crippen molar-refractivity contribution in [3.05, 3.63) is 0 Å². The Hall–Kier alpha value is -2.78. The second kappa shape index (κ2) is 15.9. The molecule has 4 aliphatic carbocycles. The summed E-state index contributed by atoms with van der Waals surface area (Å²) in [6, 6.07) is -3.44. The highest BCUT2D eigenvalue weighted by molar-refractivity contribution is 7.89. The van der Waals surface area contributed by atoms with Crippen LogP contribution in [0.2, 0.25) is 0 Å². The van der Waals surface area contributed by atoms with Crippen molar-refractivity contribution in [3.63, 3.8) is 0 Å². The first kappa shape index (κ1) is 40.4. The molecule has 1 aliphatic heterocycles. The van der Waals surface area contributed by atoms with E-state index in [1.165, 1.54) is 14.2 Å². The number of rotatable bonds is 16. The Bertz CT molecular complexity index is 1470. The number of ketones is 1. The normalized spacial score (nSPS) is 27.1. The van der Waals surface area contributed by atoms with Gasteiger partial charge >= 0.3 is 6.03 Å². The van der Waals surface area contributed by atoms with Crippen LogP contribution in [0.5, 0.6) is 0 Å². The van der Waals surface area contributed by atoms with Gasteiger partial charge in [-0.2, -0.15) is 0 Å². The first-order valence-corrected chi connectivity index (χ1v) is 21.1. The molecule has 294 valence electrons. The largest absolute Gasteiger partial charge is 0.347 e. The van der Waals surface area contributed by atoms with Crippen LogP contribution >= 0.6 is 0 Å². The van der Waals surface area contributed by atoms with Crippen LogP contribution < -0.4 is 21.3 Å². The minimum absolute atomic E-state index is 0.00168. The molecule has 1 heterocycles. The first-order valence-electron chi connectivity index (χ1n) is 19.5. The first-order chi connectivity index (χ1) is 24.5. The van der Waals surface area contributed by atoms with Gasteiger partial charge in [-0.15, -0.1) is 0 Å². The van der Waals surface area contributed by atoms with Crippen LogP contribution in [0.1, 0.15) is 124 Å². The Labute approximate surface area is 309 Å². The fourth-order valence-electron chi connectivity index (χ4n) is 9.23. The lowest BCUT2D eigenvalue weighted by Gasteiger charge is -2.44. The van der Waals surface area contributed by atoms with Crippen LogP contribution in [0.4, 0.5) is 4.79 Å². The van der Waals surface area contributed by atoms with E-state index in [1.54, 1.807) is 4.90 Å². The van der Waals surface area contributed by atoms with E-state index in [9.17, 15) is 32.4 Å². The zero-order valence-corrected chi connectivity index (χ0v) is 32.9. The number of fused-ring (bicyclic) bond motifs is 1. The van der Waals surface area contributed by atoms with Gasteiger partial charge in [0, 0.05) is 19.6 Å². The van der Waals surface area contributed by atoms with Crippen LogP contribution in [-0.4, -0.2) is 103 Å². The number of amides is 5. The third-order valence-corrected chi connectivity index (χ3v) is 14.7. The summed E-state index contributed by atoms with van der Waals surface area (Å²) in [7, 11) is -1.26. The van der Waals surface area contributed by atoms with Crippen molar-refractivity contribution >= 4 is 39.6 Å². The number of piperidine rings is 1. The molecule has 0 aromatic heterocycles. The molecule has 0 aromatic rings. The van der Waals surface area contributed by atoms with Crippen molar-refractivity contribution in [3.8, 4) is 0 Å². The number of sulfonamides is 1. The van der Waals surface area contributed by atoms with Gasteiger partial charge in [0.25, 0.3) is 5.91 Å². The quantitative estimate of drug-likeness (QED) is 0.137. The van der Waals surface area contributed by atoms with E-state index in [4.69, 9.17) is 4.84 Å². The van der Waals surface area contributed by atoms with Gasteiger partial charge in [0.05, 0.1) is 24.4 Å². The van der Waals surface area contributed by atoms with Crippen LogP contribution in [0.25, 0.3) is 0 Å². The second-order valence-electron chi connectivity index (χ2n) is 17.1. The van der Waals surface area contributed by atoms with Gasteiger partial charge in [-0.25, -0.2) is 13.2 Å². The number of hydrogen-bond donors (Lipinski definition) is 4. The molecule has 1 saturated heterocycles. The molecule has 0 radical (unpaired) electrons. The van der Waals surface area contributed by atoms with E-state index in [0.717, 1.165) is 62.3 Å². The molecule has 5 amide bonds. The molecule has 14 nitrogen and oxygen atoms in total. The molecule has 0 bridgehead atoms. The Morgan fingerprint density at radius 1 is 0.923 bits per heavy atom. The Morgan fingerprint density at radius 3 is 2.12 bits per heavy atom. The Balaban J connectivity index is 1.39. The summed E-state index contributed by atoms with van der Waals surface area (Å²) >= 11 is 0. The van der Waals surface area contributed by atoms with Crippen molar-refractivity contribution in [2.24, 2.45) is 22.7 Å². The number of Topliss-reactive ketones (excluding diaryl/α,β-unsaturated/α-hetero) is 1. The number of carbonyl (C=O) groups excluding carboxylic acids is 5. The number of hydrogen-bond acceptors (Lipinski definition) is 8. The molecular formula is C37H62N6O8S. The van der Waals surface area contributed by atoms with Gasteiger partial charge in [-0.1, -0.05) is 83.5 Å². The number of nitrogens with zero attached hydrogens (tertiary/aromatic N) is 2. The van der Waals surface area contributed by atoms with Crippen LogP contribution in [-0.2, 0) is 34.0 Å². The molecule has 4 saturated carbocycles. The minimum Gasteiger partial charge on any atom is -0.347 e. The molecule has 0 spiro atoms. The zero-order chi connectivity index (χ0) is 38.1. The predicted molar refractivity (Wildman–Crippen MR) is 195 cm³/mol. The zero-order valence-electron chi connectivity index (χ0n) is 32.1. The number of carbonyl (C=O) groups is 5. The van der Waals surface area contributed by atoms with Crippen molar-refractivity contribution in [2.45, 2.75) is 154 Å². The summed E-state index contributed by atoms with van der Waals surface area (Å²) in [5.41, 5.74) is -1.84. The number of nitrogens with one attached hydrogen (secondary N) is 4. The third kappa shape index (κ3) is 8.77. The molecular weight excluding hydrogens is 689 g/mol. The van der Waals surface area contributed by atoms with Crippen molar-refractivity contribution in [2.75, 3.05) is 26.5 Å². The van der Waals surface area contributed by atoms with Crippen molar-refractivity contribution in [1.82, 2.24) is 30.6 Å². The molecule has 5 atom stereocenters. The Kier molecular flexibility index (Phi) is 12.4.